The average molecular weight is 245 g/mol. The summed E-state index contributed by atoms with van der Waals surface area (Å²) in [7, 11) is 0. The lowest BCUT2D eigenvalue weighted by Gasteiger charge is -2.23. The van der Waals surface area contributed by atoms with Crippen molar-refractivity contribution in [2.45, 2.75) is 65.0 Å². The molecule has 0 radical (unpaired) electrons. The largest absolute Gasteiger partial charge is 0.481 e. The van der Waals surface area contributed by atoms with Gasteiger partial charge in [0.25, 0.3) is 0 Å². The van der Waals surface area contributed by atoms with Gasteiger partial charge in [-0.1, -0.05) is 13.3 Å². The van der Waals surface area contributed by atoms with E-state index in [1.165, 1.54) is 0 Å². The van der Waals surface area contributed by atoms with E-state index in [1.807, 2.05) is 6.92 Å². The van der Waals surface area contributed by atoms with Crippen molar-refractivity contribution in [2.24, 2.45) is 0 Å². The van der Waals surface area contributed by atoms with Crippen molar-refractivity contribution in [3.8, 4) is 0 Å². The lowest BCUT2D eigenvalue weighted by Crippen LogP contribution is -2.39. The molecule has 0 saturated carbocycles. The lowest BCUT2D eigenvalue weighted by molar-refractivity contribution is -0.137. The number of alkyl carbamates (subject to hydrolysis) is 1. The molecular weight excluding hydrogens is 222 g/mol. The van der Waals surface area contributed by atoms with Gasteiger partial charge in [-0.3, -0.25) is 4.79 Å². The van der Waals surface area contributed by atoms with Crippen LogP contribution in [0.5, 0.6) is 0 Å². The van der Waals surface area contributed by atoms with Crippen molar-refractivity contribution >= 4 is 12.1 Å². The molecule has 5 nitrogen and oxygen atoms in total. The zero-order chi connectivity index (χ0) is 13.5. The quantitative estimate of drug-likeness (QED) is 0.754. The highest BCUT2D eigenvalue weighted by Crippen LogP contribution is 2.09. The molecule has 0 heterocycles. The summed E-state index contributed by atoms with van der Waals surface area (Å²) >= 11 is 0. The average Bonchev–Trinajstić information content (AvgIpc) is 2.11. The van der Waals surface area contributed by atoms with Gasteiger partial charge in [0, 0.05) is 12.5 Å². The summed E-state index contributed by atoms with van der Waals surface area (Å²) in [6.07, 6.45) is 1.65. The van der Waals surface area contributed by atoms with E-state index in [0.717, 1.165) is 12.8 Å². The van der Waals surface area contributed by atoms with Gasteiger partial charge in [0.2, 0.25) is 0 Å². The van der Waals surface area contributed by atoms with E-state index in [2.05, 4.69) is 5.32 Å². The molecule has 0 aliphatic carbocycles. The summed E-state index contributed by atoms with van der Waals surface area (Å²) in [6.45, 7) is 7.36. The van der Waals surface area contributed by atoms with Crippen LogP contribution in [0, 0.1) is 0 Å². The molecule has 0 rings (SSSR count). The van der Waals surface area contributed by atoms with Gasteiger partial charge >= 0.3 is 12.1 Å². The Morgan fingerprint density at radius 2 is 1.88 bits per heavy atom. The highest BCUT2D eigenvalue weighted by Gasteiger charge is 2.19. The van der Waals surface area contributed by atoms with Crippen LogP contribution >= 0.6 is 0 Å². The summed E-state index contributed by atoms with van der Waals surface area (Å²) < 4.78 is 5.12. The van der Waals surface area contributed by atoms with E-state index < -0.39 is 17.7 Å². The van der Waals surface area contributed by atoms with Crippen molar-refractivity contribution in [2.75, 3.05) is 0 Å². The third-order valence-corrected chi connectivity index (χ3v) is 2.06. The summed E-state index contributed by atoms with van der Waals surface area (Å²) in [5, 5.41) is 11.3. The van der Waals surface area contributed by atoms with Crippen molar-refractivity contribution in [3.05, 3.63) is 0 Å². The van der Waals surface area contributed by atoms with Crippen LogP contribution < -0.4 is 5.32 Å². The number of hydrogen-bond donors (Lipinski definition) is 2. The van der Waals surface area contributed by atoms with Crippen LogP contribution in [0.25, 0.3) is 0 Å². The minimum absolute atomic E-state index is 0.0560. The monoisotopic (exact) mass is 245 g/mol. The summed E-state index contributed by atoms with van der Waals surface area (Å²) in [4.78, 5) is 22.0. The van der Waals surface area contributed by atoms with Crippen LogP contribution in [-0.4, -0.2) is 28.8 Å². The number of aliphatic carboxylic acids is 1. The van der Waals surface area contributed by atoms with E-state index in [0.29, 0.717) is 6.42 Å². The number of hydrogen-bond acceptors (Lipinski definition) is 3. The lowest BCUT2D eigenvalue weighted by atomic mass is 10.1. The van der Waals surface area contributed by atoms with Crippen molar-refractivity contribution < 1.29 is 19.4 Å². The number of carboxylic acid groups (broad SMARTS) is 1. The Kier molecular flexibility index (Phi) is 6.61. The number of carbonyl (C=O) groups is 2. The van der Waals surface area contributed by atoms with Crippen LogP contribution in [0.1, 0.15) is 53.4 Å². The number of ether oxygens (including phenoxy) is 1. The zero-order valence-electron chi connectivity index (χ0n) is 11.1. The summed E-state index contributed by atoms with van der Waals surface area (Å²) in [6, 6.07) is -0.133. The maximum absolute atomic E-state index is 11.5. The van der Waals surface area contributed by atoms with Gasteiger partial charge in [0.15, 0.2) is 0 Å². The fourth-order valence-corrected chi connectivity index (χ4v) is 1.41. The maximum atomic E-state index is 11.5. The molecule has 1 atom stereocenters. The molecule has 5 heteroatoms. The first-order chi connectivity index (χ1) is 7.74. The van der Waals surface area contributed by atoms with Gasteiger partial charge in [0.05, 0.1) is 0 Å². The molecule has 0 aromatic heterocycles. The van der Waals surface area contributed by atoms with Gasteiger partial charge in [0.1, 0.15) is 5.60 Å². The molecule has 17 heavy (non-hydrogen) atoms. The molecule has 1 amide bonds. The molecule has 0 saturated heterocycles. The molecule has 0 aromatic rings. The predicted molar refractivity (Wildman–Crippen MR) is 64.9 cm³/mol. The number of nitrogens with one attached hydrogen (secondary N) is 1. The number of carbonyl (C=O) groups excluding carboxylic acids is 1. The van der Waals surface area contributed by atoms with Crippen LogP contribution in [0.2, 0.25) is 0 Å². The zero-order valence-corrected chi connectivity index (χ0v) is 11.1. The number of rotatable bonds is 6. The molecule has 0 aliphatic heterocycles. The topological polar surface area (TPSA) is 75.6 Å². The molecule has 0 aromatic carbocycles. The fraction of sp³-hybridized carbons (Fsp3) is 0.833. The highest BCUT2D eigenvalue weighted by atomic mass is 16.6. The second kappa shape index (κ2) is 7.14. The first kappa shape index (κ1) is 15.7. The Morgan fingerprint density at radius 1 is 1.29 bits per heavy atom. The number of amides is 1. The van der Waals surface area contributed by atoms with E-state index >= 15 is 0 Å². The Balaban J connectivity index is 4.14. The minimum atomic E-state index is -0.850. The third kappa shape index (κ3) is 9.66. The Labute approximate surface area is 103 Å². The molecule has 0 aliphatic rings. The normalized spacial score (nSPS) is 12.9. The Bertz CT molecular complexity index is 258. The van der Waals surface area contributed by atoms with E-state index in [4.69, 9.17) is 9.84 Å². The Morgan fingerprint density at radius 3 is 2.29 bits per heavy atom. The van der Waals surface area contributed by atoms with Crippen LogP contribution in [-0.2, 0) is 9.53 Å². The minimum Gasteiger partial charge on any atom is -0.481 e. The summed E-state index contributed by atoms with van der Waals surface area (Å²) in [5.74, 6) is -0.850. The molecule has 2 N–H and O–H groups in total. The predicted octanol–water partition coefficient (Wildman–Crippen LogP) is 2.54. The molecule has 0 unspecified atom stereocenters. The van der Waals surface area contributed by atoms with Gasteiger partial charge in [-0.05, 0) is 33.6 Å². The highest BCUT2D eigenvalue weighted by molar-refractivity contribution is 5.69. The second-order valence-electron chi connectivity index (χ2n) is 5.06. The van der Waals surface area contributed by atoms with Gasteiger partial charge < -0.3 is 15.2 Å². The first-order valence-corrected chi connectivity index (χ1v) is 5.96. The van der Waals surface area contributed by atoms with E-state index in [1.54, 1.807) is 20.8 Å². The SMILES string of the molecule is CCC[C@@H](CCC(=O)O)NC(=O)OC(C)(C)C. The molecule has 0 fully saturated rings. The smallest absolute Gasteiger partial charge is 0.407 e. The number of carboxylic acids is 1. The van der Waals surface area contributed by atoms with Crippen molar-refractivity contribution in [1.82, 2.24) is 5.32 Å². The van der Waals surface area contributed by atoms with Gasteiger partial charge in [-0.2, -0.15) is 0 Å². The van der Waals surface area contributed by atoms with Crippen molar-refractivity contribution in [3.63, 3.8) is 0 Å². The van der Waals surface area contributed by atoms with Gasteiger partial charge in [-0.15, -0.1) is 0 Å². The summed E-state index contributed by atoms with van der Waals surface area (Å²) in [5.41, 5.74) is -0.534. The Hall–Kier alpha value is -1.26. The van der Waals surface area contributed by atoms with Crippen LogP contribution in [0.3, 0.4) is 0 Å². The van der Waals surface area contributed by atoms with Gasteiger partial charge in [-0.25, -0.2) is 4.79 Å². The second-order valence-corrected chi connectivity index (χ2v) is 5.06. The van der Waals surface area contributed by atoms with Crippen LogP contribution in [0.15, 0.2) is 0 Å². The molecule has 0 bridgehead atoms. The van der Waals surface area contributed by atoms with Crippen LogP contribution in [0.4, 0.5) is 4.79 Å². The van der Waals surface area contributed by atoms with Crippen molar-refractivity contribution in [1.29, 1.82) is 0 Å². The fourth-order valence-electron chi connectivity index (χ4n) is 1.41. The molecule has 0 spiro atoms. The third-order valence-electron chi connectivity index (χ3n) is 2.06. The molecule has 100 valence electrons. The maximum Gasteiger partial charge on any atom is 0.407 e. The van der Waals surface area contributed by atoms with E-state index in [-0.39, 0.29) is 12.5 Å². The molecular formula is C12H23NO4. The standard InChI is InChI=1S/C12H23NO4/c1-5-6-9(7-8-10(14)15)13-11(16)17-12(2,3)4/h9H,5-8H2,1-4H3,(H,13,16)(H,14,15)/t9-/m0/s1. The first-order valence-electron chi connectivity index (χ1n) is 5.96. The van der Waals surface area contributed by atoms with E-state index in [9.17, 15) is 9.59 Å².